The van der Waals surface area contributed by atoms with Gasteiger partial charge in [0.2, 0.25) is 0 Å². The molecule has 0 amide bonds. The Hall–Kier alpha value is -2.67. The molecule has 0 unspecified atom stereocenters. The van der Waals surface area contributed by atoms with Crippen molar-refractivity contribution < 1.29 is 0 Å². The molecule has 0 spiro atoms. The van der Waals surface area contributed by atoms with Crippen molar-refractivity contribution in [3.8, 4) is 11.3 Å². The second-order valence-electron chi connectivity index (χ2n) is 5.41. The van der Waals surface area contributed by atoms with Crippen LogP contribution in [0.1, 0.15) is 5.56 Å². The predicted molar refractivity (Wildman–Crippen MR) is 89.4 cm³/mol. The Balaban J connectivity index is 2.18. The first kappa shape index (κ1) is 12.1. The fraction of sp³-hybridized carbons (Fsp3) is 0.0500. The highest BCUT2D eigenvalue weighted by molar-refractivity contribution is 6.13. The number of rotatable bonds is 1. The number of hydrogen-bond acceptors (Lipinski definition) is 1. The lowest BCUT2D eigenvalue weighted by atomic mass is 9.94. The molecule has 0 aliphatic heterocycles. The number of fused-ring (bicyclic) bond motifs is 3. The Labute approximate surface area is 123 Å². The second kappa shape index (κ2) is 4.71. The molecule has 0 saturated carbocycles. The van der Waals surface area contributed by atoms with Crippen molar-refractivity contribution in [2.24, 2.45) is 0 Å². The molecule has 4 aromatic rings. The lowest BCUT2D eigenvalue weighted by Crippen LogP contribution is -1.87. The molecule has 0 fully saturated rings. The van der Waals surface area contributed by atoms with E-state index in [4.69, 9.17) is 0 Å². The Morgan fingerprint density at radius 3 is 2.33 bits per heavy atom. The number of aryl methyl sites for hydroxylation is 1. The average molecular weight is 269 g/mol. The standard InChI is InChI=1S/C20H15N/c1-14-9-10-15-13-19(20-8-4-5-11-21-20)17-7-3-2-6-16(17)18(15)12-14/h2-13H,1H3. The van der Waals surface area contributed by atoms with E-state index in [2.05, 4.69) is 66.5 Å². The zero-order valence-electron chi connectivity index (χ0n) is 11.9. The summed E-state index contributed by atoms with van der Waals surface area (Å²) in [4.78, 5) is 4.52. The fourth-order valence-corrected chi connectivity index (χ4v) is 2.95. The minimum absolute atomic E-state index is 1.02. The van der Waals surface area contributed by atoms with Crippen LogP contribution in [0.2, 0.25) is 0 Å². The first-order chi connectivity index (χ1) is 10.3. The molecule has 0 saturated heterocycles. The maximum atomic E-state index is 4.52. The van der Waals surface area contributed by atoms with Gasteiger partial charge in [-0.2, -0.15) is 0 Å². The SMILES string of the molecule is Cc1ccc2cc(-c3ccccn3)c3ccccc3c2c1. The highest BCUT2D eigenvalue weighted by Crippen LogP contribution is 2.34. The summed E-state index contributed by atoms with van der Waals surface area (Å²) in [5.41, 5.74) is 3.51. The molecular formula is C20H15N. The fourth-order valence-electron chi connectivity index (χ4n) is 2.95. The van der Waals surface area contributed by atoms with E-state index in [9.17, 15) is 0 Å². The van der Waals surface area contributed by atoms with Crippen LogP contribution in [0, 0.1) is 6.92 Å². The lowest BCUT2D eigenvalue weighted by Gasteiger charge is -2.10. The molecule has 0 atom stereocenters. The van der Waals surface area contributed by atoms with Crippen LogP contribution in [-0.4, -0.2) is 4.98 Å². The summed E-state index contributed by atoms with van der Waals surface area (Å²) in [5, 5.41) is 5.12. The van der Waals surface area contributed by atoms with Crippen LogP contribution in [-0.2, 0) is 0 Å². The van der Waals surface area contributed by atoms with Crippen molar-refractivity contribution in [3.63, 3.8) is 0 Å². The normalized spacial score (nSPS) is 11.1. The van der Waals surface area contributed by atoms with E-state index in [0.29, 0.717) is 0 Å². The van der Waals surface area contributed by atoms with E-state index in [1.54, 1.807) is 0 Å². The molecule has 3 aromatic carbocycles. The Morgan fingerprint density at radius 1 is 0.714 bits per heavy atom. The van der Waals surface area contributed by atoms with Crippen LogP contribution < -0.4 is 0 Å². The van der Waals surface area contributed by atoms with E-state index >= 15 is 0 Å². The van der Waals surface area contributed by atoms with Gasteiger partial charge in [-0.15, -0.1) is 0 Å². The van der Waals surface area contributed by atoms with Gasteiger partial charge >= 0.3 is 0 Å². The van der Waals surface area contributed by atoms with E-state index < -0.39 is 0 Å². The highest BCUT2D eigenvalue weighted by atomic mass is 14.7. The van der Waals surface area contributed by atoms with Crippen molar-refractivity contribution >= 4 is 21.5 Å². The topological polar surface area (TPSA) is 12.9 Å². The van der Waals surface area contributed by atoms with Crippen LogP contribution in [0.4, 0.5) is 0 Å². The number of hydrogen-bond donors (Lipinski definition) is 0. The largest absolute Gasteiger partial charge is 0.256 e. The lowest BCUT2D eigenvalue weighted by molar-refractivity contribution is 1.33. The van der Waals surface area contributed by atoms with E-state index in [0.717, 1.165) is 5.69 Å². The van der Waals surface area contributed by atoms with Crippen LogP contribution in [0.5, 0.6) is 0 Å². The molecule has 0 bridgehead atoms. The third kappa shape index (κ3) is 1.98. The summed E-state index contributed by atoms with van der Waals surface area (Å²) in [6.45, 7) is 2.14. The smallest absolute Gasteiger partial charge is 0.0708 e. The first-order valence-electron chi connectivity index (χ1n) is 7.16. The van der Waals surface area contributed by atoms with Crippen molar-refractivity contribution in [3.05, 3.63) is 78.5 Å². The number of benzene rings is 3. The van der Waals surface area contributed by atoms with Crippen LogP contribution in [0.3, 0.4) is 0 Å². The number of aromatic nitrogens is 1. The first-order valence-corrected chi connectivity index (χ1v) is 7.16. The quantitative estimate of drug-likeness (QED) is 0.424. The van der Waals surface area contributed by atoms with E-state index in [1.165, 1.54) is 32.7 Å². The van der Waals surface area contributed by atoms with Gasteiger partial charge in [0, 0.05) is 11.8 Å². The van der Waals surface area contributed by atoms with Crippen LogP contribution >= 0.6 is 0 Å². The van der Waals surface area contributed by atoms with Gasteiger partial charge in [-0.05, 0) is 46.7 Å². The molecule has 0 aliphatic rings. The number of nitrogens with zero attached hydrogens (tertiary/aromatic N) is 1. The molecule has 100 valence electrons. The average Bonchev–Trinajstić information content (AvgIpc) is 2.55. The van der Waals surface area contributed by atoms with Gasteiger partial charge in [0.15, 0.2) is 0 Å². The molecule has 0 N–H and O–H groups in total. The highest BCUT2D eigenvalue weighted by Gasteiger charge is 2.08. The minimum atomic E-state index is 1.02. The summed E-state index contributed by atoms with van der Waals surface area (Å²) in [6, 6.07) is 23.5. The molecule has 4 rings (SSSR count). The van der Waals surface area contributed by atoms with Gasteiger partial charge in [0.05, 0.1) is 5.69 Å². The van der Waals surface area contributed by atoms with Gasteiger partial charge in [-0.25, -0.2) is 0 Å². The summed E-state index contributed by atoms with van der Waals surface area (Å²) in [5.74, 6) is 0. The van der Waals surface area contributed by atoms with Crippen molar-refractivity contribution in [1.29, 1.82) is 0 Å². The molecule has 1 aromatic heterocycles. The van der Waals surface area contributed by atoms with Gasteiger partial charge in [-0.1, -0.05) is 54.1 Å². The predicted octanol–water partition coefficient (Wildman–Crippen LogP) is 5.36. The zero-order chi connectivity index (χ0) is 14.2. The van der Waals surface area contributed by atoms with Gasteiger partial charge < -0.3 is 0 Å². The molecule has 1 heterocycles. The Kier molecular flexibility index (Phi) is 2.71. The summed E-state index contributed by atoms with van der Waals surface area (Å²) < 4.78 is 0. The number of pyridine rings is 1. The van der Waals surface area contributed by atoms with E-state index in [1.807, 2.05) is 18.3 Å². The zero-order valence-corrected chi connectivity index (χ0v) is 11.9. The maximum Gasteiger partial charge on any atom is 0.0708 e. The van der Waals surface area contributed by atoms with Crippen molar-refractivity contribution in [2.75, 3.05) is 0 Å². The van der Waals surface area contributed by atoms with E-state index in [-0.39, 0.29) is 0 Å². The Morgan fingerprint density at radius 2 is 1.52 bits per heavy atom. The molecular weight excluding hydrogens is 254 g/mol. The third-order valence-electron chi connectivity index (χ3n) is 3.96. The minimum Gasteiger partial charge on any atom is -0.256 e. The molecule has 1 nitrogen and oxygen atoms in total. The second-order valence-corrected chi connectivity index (χ2v) is 5.41. The maximum absolute atomic E-state index is 4.52. The molecule has 21 heavy (non-hydrogen) atoms. The Bertz CT molecular complexity index is 940. The third-order valence-corrected chi connectivity index (χ3v) is 3.96. The van der Waals surface area contributed by atoms with Crippen molar-refractivity contribution in [2.45, 2.75) is 6.92 Å². The molecule has 1 heteroatoms. The summed E-state index contributed by atoms with van der Waals surface area (Å²) in [7, 11) is 0. The monoisotopic (exact) mass is 269 g/mol. The summed E-state index contributed by atoms with van der Waals surface area (Å²) in [6.07, 6.45) is 1.85. The van der Waals surface area contributed by atoms with Crippen LogP contribution in [0.25, 0.3) is 32.8 Å². The van der Waals surface area contributed by atoms with Gasteiger partial charge in [-0.3, -0.25) is 4.98 Å². The van der Waals surface area contributed by atoms with Crippen LogP contribution in [0.15, 0.2) is 72.9 Å². The van der Waals surface area contributed by atoms with Gasteiger partial charge in [0.1, 0.15) is 0 Å². The van der Waals surface area contributed by atoms with Gasteiger partial charge in [0.25, 0.3) is 0 Å². The molecule has 0 aliphatic carbocycles. The van der Waals surface area contributed by atoms with Crippen molar-refractivity contribution in [1.82, 2.24) is 4.98 Å². The summed E-state index contributed by atoms with van der Waals surface area (Å²) >= 11 is 0. The molecule has 0 radical (unpaired) electrons.